The standard InChI is InChI=1S/C20H28N2O3/c1-3-4-13-22-18(23)12-11-16(20(24)21-14-9-10-14)19(22)15-7-5-6-8-17(15)25-2/h5-8,14,16,19H,3-4,9-13H2,1-2H3,(H,21,24)/t16-,19+/m1/s1. The Hall–Kier alpha value is -2.04. The van der Waals surface area contributed by atoms with Gasteiger partial charge in [-0.3, -0.25) is 9.59 Å². The summed E-state index contributed by atoms with van der Waals surface area (Å²) >= 11 is 0. The van der Waals surface area contributed by atoms with E-state index < -0.39 is 0 Å². The van der Waals surface area contributed by atoms with Crippen molar-refractivity contribution >= 4 is 11.8 Å². The number of para-hydroxylation sites is 1. The molecule has 0 aromatic heterocycles. The molecule has 1 aliphatic heterocycles. The van der Waals surface area contributed by atoms with Crippen molar-refractivity contribution in [3.63, 3.8) is 0 Å². The van der Waals surface area contributed by atoms with E-state index >= 15 is 0 Å². The Morgan fingerprint density at radius 3 is 2.72 bits per heavy atom. The zero-order valence-electron chi connectivity index (χ0n) is 15.2. The van der Waals surface area contributed by atoms with Gasteiger partial charge in [-0.1, -0.05) is 31.5 Å². The van der Waals surface area contributed by atoms with Gasteiger partial charge in [-0.05, 0) is 31.7 Å². The first-order valence-electron chi connectivity index (χ1n) is 9.38. The molecule has 1 aliphatic carbocycles. The normalized spacial score (nSPS) is 23.4. The summed E-state index contributed by atoms with van der Waals surface area (Å²) in [4.78, 5) is 27.4. The summed E-state index contributed by atoms with van der Waals surface area (Å²) in [6.07, 6.45) is 5.13. The quantitative estimate of drug-likeness (QED) is 0.827. The first kappa shape index (κ1) is 17.8. The number of piperidine rings is 1. The molecule has 0 spiro atoms. The Kier molecular flexibility index (Phi) is 5.61. The fourth-order valence-electron chi connectivity index (χ4n) is 3.65. The van der Waals surface area contributed by atoms with Crippen molar-refractivity contribution in [3.8, 4) is 5.75 Å². The molecule has 3 rings (SSSR count). The molecule has 2 aliphatic rings. The number of likely N-dealkylation sites (tertiary alicyclic amines) is 1. The van der Waals surface area contributed by atoms with Gasteiger partial charge < -0.3 is 15.0 Å². The Labute approximate surface area is 149 Å². The predicted octanol–water partition coefficient (Wildman–Crippen LogP) is 3.05. The zero-order valence-corrected chi connectivity index (χ0v) is 15.2. The van der Waals surface area contributed by atoms with Crippen LogP contribution in [-0.4, -0.2) is 36.4 Å². The molecule has 0 unspecified atom stereocenters. The fraction of sp³-hybridized carbons (Fsp3) is 0.600. The van der Waals surface area contributed by atoms with E-state index in [2.05, 4.69) is 12.2 Å². The SMILES string of the molecule is CCCCN1C(=O)CC[C@@H](C(=O)NC2CC2)[C@@H]1c1ccccc1OC. The lowest BCUT2D eigenvalue weighted by Gasteiger charge is -2.41. The Balaban J connectivity index is 1.94. The van der Waals surface area contributed by atoms with E-state index in [1.165, 1.54) is 0 Å². The van der Waals surface area contributed by atoms with Crippen molar-refractivity contribution in [2.24, 2.45) is 5.92 Å². The van der Waals surface area contributed by atoms with Crippen LogP contribution in [-0.2, 0) is 9.59 Å². The van der Waals surface area contributed by atoms with Crippen LogP contribution in [0.4, 0.5) is 0 Å². The lowest BCUT2D eigenvalue weighted by Crippen LogP contribution is -2.48. The summed E-state index contributed by atoms with van der Waals surface area (Å²) in [6.45, 7) is 2.80. The number of hydrogen-bond acceptors (Lipinski definition) is 3. The molecule has 1 aromatic carbocycles. The van der Waals surface area contributed by atoms with Crippen LogP contribution in [0.3, 0.4) is 0 Å². The van der Waals surface area contributed by atoms with Crippen LogP contribution in [0.1, 0.15) is 57.1 Å². The molecule has 1 aromatic rings. The smallest absolute Gasteiger partial charge is 0.225 e. The van der Waals surface area contributed by atoms with Crippen LogP contribution < -0.4 is 10.1 Å². The molecule has 2 amide bonds. The minimum atomic E-state index is -0.248. The summed E-state index contributed by atoms with van der Waals surface area (Å²) in [5.74, 6) is 0.742. The number of unbranched alkanes of at least 4 members (excludes halogenated alkanes) is 1. The van der Waals surface area contributed by atoms with E-state index in [1.54, 1.807) is 7.11 Å². The molecule has 2 atom stereocenters. The summed E-state index contributed by atoms with van der Waals surface area (Å²) in [5.41, 5.74) is 0.935. The number of nitrogens with zero attached hydrogens (tertiary/aromatic N) is 1. The van der Waals surface area contributed by atoms with Gasteiger partial charge >= 0.3 is 0 Å². The van der Waals surface area contributed by atoms with Crippen LogP contribution in [0.2, 0.25) is 0 Å². The lowest BCUT2D eigenvalue weighted by molar-refractivity contribution is -0.143. The molecule has 25 heavy (non-hydrogen) atoms. The van der Waals surface area contributed by atoms with Gasteiger partial charge in [0.1, 0.15) is 5.75 Å². The van der Waals surface area contributed by atoms with Gasteiger partial charge in [-0.15, -0.1) is 0 Å². The highest BCUT2D eigenvalue weighted by Crippen LogP contribution is 2.41. The molecule has 1 N–H and O–H groups in total. The maximum absolute atomic E-state index is 12.9. The largest absolute Gasteiger partial charge is 0.496 e. The van der Waals surface area contributed by atoms with Crippen molar-refractivity contribution < 1.29 is 14.3 Å². The van der Waals surface area contributed by atoms with Gasteiger partial charge in [0.2, 0.25) is 11.8 Å². The van der Waals surface area contributed by atoms with E-state index in [4.69, 9.17) is 4.74 Å². The zero-order chi connectivity index (χ0) is 17.8. The number of carbonyl (C=O) groups excluding carboxylic acids is 2. The topological polar surface area (TPSA) is 58.6 Å². The Morgan fingerprint density at radius 1 is 1.28 bits per heavy atom. The second-order valence-corrected chi connectivity index (χ2v) is 7.06. The van der Waals surface area contributed by atoms with Gasteiger partial charge in [0, 0.05) is 24.6 Å². The van der Waals surface area contributed by atoms with E-state index in [-0.39, 0.29) is 23.8 Å². The summed E-state index contributed by atoms with van der Waals surface area (Å²) in [6, 6.07) is 7.84. The first-order valence-corrected chi connectivity index (χ1v) is 9.38. The maximum atomic E-state index is 12.9. The van der Waals surface area contributed by atoms with Crippen LogP contribution in [0, 0.1) is 5.92 Å². The summed E-state index contributed by atoms with van der Waals surface area (Å²) in [7, 11) is 1.64. The average molecular weight is 344 g/mol. The van der Waals surface area contributed by atoms with Gasteiger partial charge in [0.05, 0.1) is 19.1 Å². The van der Waals surface area contributed by atoms with Crippen molar-refractivity contribution in [2.75, 3.05) is 13.7 Å². The fourth-order valence-corrected chi connectivity index (χ4v) is 3.65. The van der Waals surface area contributed by atoms with Crippen LogP contribution in [0.25, 0.3) is 0 Å². The minimum Gasteiger partial charge on any atom is -0.496 e. The molecule has 0 bridgehead atoms. The van der Waals surface area contributed by atoms with Crippen LogP contribution in [0.5, 0.6) is 5.75 Å². The molecule has 5 heteroatoms. The van der Waals surface area contributed by atoms with Crippen molar-refractivity contribution in [1.29, 1.82) is 0 Å². The Bertz CT molecular complexity index is 627. The minimum absolute atomic E-state index is 0.0763. The van der Waals surface area contributed by atoms with Gasteiger partial charge in [0.15, 0.2) is 0 Å². The van der Waals surface area contributed by atoms with E-state index in [0.717, 1.165) is 37.0 Å². The molecule has 2 fully saturated rings. The third kappa shape index (κ3) is 3.97. The second-order valence-electron chi connectivity index (χ2n) is 7.06. The molecular formula is C20H28N2O3. The summed E-state index contributed by atoms with van der Waals surface area (Å²) in [5, 5.41) is 3.13. The van der Waals surface area contributed by atoms with Crippen molar-refractivity contribution in [1.82, 2.24) is 10.2 Å². The summed E-state index contributed by atoms with van der Waals surface area (Å²) < 4.78 is 5.54. The van der Waals surface area contributed by atoms with Gasteiger partial charge in [-0.25, -0.2) is 0 Å². The predicted molar refractivity (Wildman–Crippen MR) is 96.2 cm³/mol. The third-order valence-corrected chi connectivity index (χ3v) is 5.18. The number of hydrogen-bond donors (Lipinski definition) is 1. The highest BCUT2D eigenvalue weighted by Gasteiger charge is 2.42. The number of amides is 2. The number of carbonyl (C=O) groups is 2. The molecule has 5 nitrogen and oxygen atoms in total. The van der Waals surface area contributed by atoms with Crippen LogP contribution >= 0.6 is 0 Å². The Morgan fingerprint density at radius 2 is 2.04 bits per heavy atom. The number of rotatable bonds is 7. The monoisotopic (exact) mass is 344 g/mol. The number of benzene rings is 1. The van der Waals surface area contributed by atoms with Gasteiger partial charge in [-0.2, -0.15) is 0 Å². The van der Waals surface area contributed by atoms with Crippen molar-refractivity contribution in [2.45, 2.75) is 57.5 Å². The van der Waals surface area contributed by atoms with Crippen LogP contribution in [0.15, 0.2) is 24.3 Å². The number of ether oxygens (including phenoxy) is 1. The number of nitrogens with one attached hydrogen (secondary N) is 1. The van der Waals surface area contributed by atoms with E-state index in [0.29, 0.717) is 25.4 Å². The second kappa shape index (κ2) is 7.89. The number of methoxy groups -OCH3 is 1. The molecule has 0 radical (unpaired) electrons. The maximum Gasteiger partial charge on any atom is 0.225 e. The average Bonchev–Trinajstić information content (AvgIpc) is 3.44. The van der Waals surface area contributed by atoms with E-state index in [1.807, 2.05) is 29.2 Å². The third-order valence-electron chi connectivity index (χ3n) is 5.18. The van der Waals surface area contributed by atoms with Gasteiger partial charge in [0.25, 0.3) is 0 Å². The van der Waals surface area contributed by atoms with E-state index in [9.17, 15) is 9.59 Å². The highest BCUT2D eigenvalue weighted by molar-refractivity contribution is 5.85. The molecule has 1 saturated carbocycles. The van der Waals surface area contributed by atoms with Crippen molar-refractivity contribution in [3.05, 3.63) is 29.8 Å². The molecule has 1 saturated heterocycles. The molecule has 1 heterocycles. The molecule has 136 valence electrons. The lowest BCUT2D eigenvalue weighted by atomic mass is 9.83. The molecular weight excluding hydrogens is 316 g/mol. The highest BCUT2D eigenvalue weighted by atomic mass is 16.5. The first-order chi connectivity index (χ1) is 12.2.